The van der Waals surface area contributed by atoms with E-state index in [4.69, 9.17) is 0 Å². The summed E-state index contributed by atoms with van der Waals surface area (Å²) < 4.78 is 0. The summed E-state index contributed by atoms with van der Waals surface area (Å²) in [5.74, 6) is 0. The second kappa shape index (κ2) is 3.31. The fourth-order valence-corrected chi connectivity index (χ4v) is 2.21. The lowest BCUT2D eigenvalue weighted by atomic mass is 10.0. The number of aromatic nitrogens is 1. The van der Waals surface area contributed by atoms with Crippen molar-refractivity contribution < 1.29 is 0 Å². The van der Waals surface area contributed by atoms with Gasteiger partial charge in [0.1, 0.15) is 0 Å². The Morgan fingerprint density at radius 1 is 0.812 bits per heavy atom. The Balaban J connectivity index is 2.56. The summed E-state index contributed by atoms with van der Waals surface area (Å²) in [5, 5.41) is 2.51. The van der Waals surface area contributed by atoms with Crippen molar-refractivity contribution in [2.75, 3.05) is 0 Å². The average molecular weight is 207 g/mol. The number of aryl methyl sites for hydroxylation is 2. The lowest BCUT2D eigenvalue weighted by molar-refractivity contribution is 1.42. The molecule has 1 heteroatoms. The van der Waals surface area contributed by atoms with Gasteiger partial charge in [-0.3, -0.25) is 0 Å². The average Bonchev–Trinajstić information content (AvgIpc) is 2.31. The van der Waals surface area contributed by atoms with E-state index in [0.717, 1.165) is 11.0 Å². The summed E-state index contributed by atoms with van der Waals surface area (Å²) in [4.78, 5) is 4.68. The molecule has 1 heterocycles. The molecule has 0 fully saturated rings. The first-order valence-electron chi connectivity index (χ1n) is 5.51. The smallest absolute Gasteiger partial charge is 0.0712 e. The molecule has 0 radical (unpaired) electrons. The Bertz CT molecular complexity index is 683. The van der Waals surface area contributed by atoms with Crippen LogP contribution < -0.4 is 0 Å². The molecule has 0 aliphatic rings. The van der Waals surface area contributed by atoms with E-state index in [1.807, 2.05) is 6.07 Å². The van der Waals surface area contributed by atoms with Crippen molar-refractivity contribution >= 4 is 21.8 Å². The van der Waals surface area contributed by atoms with Gasteiger partial charge in [0.15, 0.2) is 0 Å². The van der Waals surface area contributed by atoms with Crippen LogP contribution in [-0.4, -0.2) is 4.98 Å². The van der Waals surface area contributed by atoms with E-state index in [0.29, 0.717) is 0 Å². The predicted molar refractivity (Wildman–Crippen MR) is 68.7 cm³/mol. The van der Waals surface area contributed by atoms with Crippen LogP contribution in [-0.2, 0) is 0 Å². The quantitative estimate of drug-likeness (QED) is 0.508. The summed E-state index contributed by atoms with van der Waals surface area (Å²) >= 11 is 0. The zero-order valence-corrected chi connectivity index (χ0v) is 9.49. The van der Waals surface area contributed by atoms with Gasteiger partial charge in [-0.2, -0.15) is 0 Å². The monoisotopic (exact) mass is 207 g/mol. The minimum atomic E-state index is 1.08. The van der Waals surface area contributed by atoms with E-state index in [-0.39, 0.29) is 0 Å². The summed E-state index contributed by atoms with van der Waals surface area (Å²) in [7, 11) is 0. The first-order chi connectivity index (χ1) is 7.75. The van der Waals surface area contributed by atoms with E-state index < -0.39 is 0 Å². The molecular formula is C15H13N. The number of benzene rings is 2. The van der Waals surface area contributed by atoms with Gasteiger partial charge in [-0.25, -0.2) is 4.98 Å². The van der Waals surface area contributed by atoms with Crippen molar-refractivity contribution in [3.63, 3.8) is 0 Å². The molecule has 0 saturated heterocycles. The Hall–Kier alpha value is -1.89. The van der Waals surface area contributed by atoms with E-state index >= 15 is 0 Å². The van der Waals surface area contributed by atoms with Crippen molar-refractivity contribution in [2.45, 2.75) is 13.8 Å². The molecule has 1 nitrogen and oxygen atoms in total. The Morgan fingerprint density at radius 2 is 1.56 bits per heavy atom. The minimum absolute atomic E-state index is 1.08. The Labute approximate surface area is 94.7 Å². The molecule has 0 atom stereocenters. The maximum Gasteiger partial charge on any atom is 0.0712 e. The number of para-hydroxylation sites is 1. The van der Waals surface area contributed by atoms with Gasteiger partial charge in [0.25, 0.3) is 0 Å². The molecule has 0 amide bonds. The molecule has 0 saturated carbocycles. The highest BCUT2D eigenvalue weighted by Crippen LogP contribution is 2.25. The highest BCUT2D eigenvalue weighted by molar-refractivity contribution is 5.97. The van der Waals surface area contributed by atoms with Crippen molar-refractivity contribution in [1.82, 2.24) is 4.98 Å². The fourth-order valence-electron chi connectivity index (χ4n) is 2.21. The van der Waals surface area contributed by atoms with Crippen LogP contribution in [0, 0.1) is 13.8 Å². The number of nitrogens with zero attached hydrogens (tertiary/aromatic N) is 1. The third kappa shape index (κ3) is 1.28. The zero-order valence-electron chi connectivity index (χ0n) is 9.49. The normalized spacial score (nSPS) is 11.1. The SMILES string of the molecule is Cc1ccc2nc3ccccc3c(C)c2c1. The molecule has 0 bridgehead atoms. The van der Waals surface area contributed by atoms with Crippen LogP contribution in [0.25, 0.3) is 21.8 Å². The molecule has 1 aromatic heterocycles. The maximum atomic E-state index is 4.68. The number of hydrogen-bond donors (Lipinski definition) is 0. The van der Waals surface area contributed by atoms with Crippen LogP contribution in [0.15, 0.2) is 42.5 Å². The minimum Gasteiger partial charge on any atom is -0.248 e. The number of hydrogen-bond acceptors (Lipinski definition) is 1. The lowest BCUT2D eigenvalue weighted by Crippen LogP contribution is -1.87. The predicted octanol–water partition coefficient (Wildman–Crippen LogP) is 4.00. The van der Waals surface area contributed by atoms with Crippen molar-refractivity contribution in [2.24, 2.45) is 0 Å². The van der Waals surface area contributed by atoms with Gasteiger partial charge in [-0.05, 0) is 37.6 Å². The van der Waals surface area contributed by atoms with Gasteiger partial charge in [0.05, 0.1) is 11.0 Å². The number of pyridine rings is 1. The van der Waals surface area contributed by atoms with Crippen molar-refractivity contribution in [3.05, 3.63) is 53.6 Å². The molecule has 78 valence electrons. The fraction of sp³-hybridized carbons (Fsp3) is 0.133. The molecule has 0 unspecified atom stereocenters. The highest BCUT2D eigenvalue weighted by atomic mass is 14.7. The second-order valence-electron chi connectivity index (χ2n) is 4.27. The molecule has 0 spiro atoms. The number of rotatable bonds is 0. The third-order valence-corrected chi connectivity index (χ3v) is 3.11. The second-order valence-corrected chi connectivity index (χ2v) is 4.27. The van der Waals surface area contributed by atoms with E-state index in [1.54, 1.807) is 0 Å². The van der Waals surface area contributed by atoms with E-state index in [1.165, 1.54) is 21.9 Å². The summed E-state index contributed by atoms with van der Waals surface area (Å²) in [6.07, 6.45) is 0. The van der Waals surface area contributed by atoms with Crippen LogP contribution in [0.1, 0.15) is 11.1 Å². The first-order valence-corrected chi connectivity index (χ1v) is 5.51. The zero-order chi connectivity index (χ0) is 11.1. The van der Waals surface area contributed by atoms with Crippen LogP contribution in [0.4, 0.5) is 0 Å². The maximum absolute atomic E-state index is 4.68. The van der Waals surface area contributed by atoms with Gasteiger partial charge in [0.2, 0.25) is 0 Å². The molecule has 3 aromatic rings. The van der Waals surface area contributed by atoms with Crippen molar-refractivity contribution in [3.8, 4) is 0 Å². The van der Waals surface area contributed by atoms with Crippen LogP contribution >= 0.6 is 0 Å². The first kappa shape index (κ1) is 9.34. The summed E-state index contributed by atoms with van der Waals surface area (Å²) in [6.45, 7) is 4.29. The Kier molecular flexibility index (Phi) is 1.93. The van der Waals surface area contributed by atoms with Gasteiger partial charge < -0.3 is 0 Å². The molecular weight excluding hydrogens is 194 g/mol. The Morgan fingerprint density at radius 3 is 2.44 bits per heavy atom. The van der Waals surface area contributed by atoms with Crippen LogP contribution in [0.5, 0.6) is 0 Å². The molecule has 0 aliphatic heterocycles. The van der Waals surface area contributed by atoms with Gasteiger partial charge >= 0.3 is 0 Å². The summed E-state index contributed by atoms with van der Waals surface area (Å²) in [6, 6.07) is 14.7. The third-order valence-electron chi connectivity index (χ3n) is 3.11. The van der Waals surface area contributed by atoms with Crippen LogP contribution in [0.3, 0.4) is 0 Å². The van der Waals surface area contributed by atoms with Gasteiger partial charge in [-0.15, -0.1) is 0 Å². The van der Waals surface area contributed by atoms with E-state index in [9.17, 15) is 0 Å². The van der Waals surface area contributed by atoms with Gasteiger partial charge in [0, 0.05) is 10.8 Å². The van der Waals surface area contributed by atoms with Crippen molar-refractivity contribution in [1.29, 1.82) is 0 Å². The summed E-state index contributed by atoms with van der Waals surface area (Å²) in [5.41, 5.74) is 4.77. The molecule has 2 aromatic carbocycles. The molecule has 16 heavy (non-hydrogen) atoms. The number of fused-ring (bicyclic) bond motifs is 2. The highest BCUT2D eigenvalue weighted by Gasteiger charge is 2.04. The lowest BCUT2D eigenvalue weighted by Gasteiger charge is -2.07. The van der Waals surface area contributed by atoms with Gasteiger partial charge in [-0.1, -0.05) is 29.8 Å². The largest absolute Gasteiger partial charge is 0.248 e. The molecule has 0 aliphatic carbocycles. The molecule has 3 rings (SSSR count). The van der Waals surface area contributed by atoms with Crippen LogP contribution in [0.2, 0.25) is 0 Å². The van der Waals surface area contributed by atoms with E-state index in [2.05, 4.69) is 55.2 Å². The topological polar surface area (TPSA) is 12.9 Å². The molecule has 0 N–H and O–H groups in total. The standard InChI is InChI=1S/C15H13N/c1-10-7-8-15-13(9-10)11(2)12-5-3-4-6-14(12)16-15/h3-9H,1-2H3.